The fourth-order valence-corrected chi connectivity index (χ4v) is 3.33. The second kappa shape index (κ2) is 7.23. The van der Waals surface area contributed by atoms with Crippen molar-refractivity contribution >= 4 is 27.8 Å². The van der Waals surface area contributed by atoms with Gasteiger partial charge in [0.1, 0.15) is 0 Å². The molecule has 6 nitrogen and oxygen atoms in total. The van der Waals surface area contributed by atoms with Gasteiger partial charge in [0.25, 0.3) is 5.91 Å². The van der Waals surface area contributed by atoms with Gasteiger partial charge in [0, 0.05) is 42.4 Å². The number of amides is 1. The molecule has 0 aliphatic carbocycles. The van der Waals surface area contributed by atoms with Gasteiger partial charge >= 0.3 is 0 Å². The van der Waals surface area contributed by atoms with Crippen LogP contribution in [0.3, 0.4) is 0 Å². The monoisotopic (exact) mass is 361 g/mol. The summed E-state index contributed by atoms with van der Waals surface area (Å²) in [5.41, 5.74) is 2.60. The average molecular weight is 361 g/mol. The molecule has 0 saturated heterocycles. The zero-order chi connectivity index (χ0) is 18.8. The van der Waals surface area contributed by atoms with Crippen molar-refractivity contribution in [1.82, 2.24) is 24.6 Å². The van der Waals surface area contributed by atoms with E-state index < -0.39 is 0 Å². The molecule has 1 aromatic carbocycles. The molecule has 138 valence electrons. The predicted molar refractivity (Wildman–Crippen MR) is 107 cm³/mol. The van der Waals surface area contributed by atoms with Crippen LogP contribution in [-0.2, 0) is 6.54 Å². The Labute approximate surface area is 157 Å². The highest BCUT2D eigenvalue weighted by Crippen LogP contribution is 2.17. The van der Waals surface area contributed by atoms with Crippen LogP contribution in [0.2, 0.25) is 0 Å². The van der Waals surface area contributed by atoms with Crippen LogP contribution in [0.1, 0.15) is 36.7 Å². The molecule has 0 fully saturated rings. The summed E-state index contributed by atoms with van der Waals surface area (Å²) in [6.07, 6.45) is 6.34. The van der Waals surface area contributed by atoms with Crippen molar-refractivity contribution in [1.29, 1.82) is 0 Å². The highest BCUT2D eigenvalue weighted by Gasteiger charge is 2.11. The van der Waals surface area contributed by atoms with E-state index >= 15 is 0 Å². The Morgan fingerprint density at radius 2 is 2.00 bits per heavy atom. The smallest absolute Gasteiger partial charge is 0.252 e. The number of pyridine rings is 1. The average Bonchev–Trinajstić information content (AvgIpc) is 3.28. The van der Waals surface area contributed by atoms with Crippen molar-refractivity contribution in [2.45, 2.75) is 32.9 Å². The lowest BCUT2D eigenvalue weighted by atomic mass is 10.2. The first kappa shape index (κ1) is 17.3. The van der Waals surface area contributed by atoms with E-state index in [-0.39, 0.29) is 11.9 Å². The van der Waals surface area contributed by atoms with Crippen LogP contribution in [0.4, 0.5) is 0 Å². The van der Waals surface area contributed by atoms with Gasteiger partial charge in [-0.3, -0.25) is 4.79 Å². The molecule has 0 spiro atoms. The molecule has 1 amide bonds. The van der Waals surface area contributed by atoms with Crippen LogP contribution < -0.4 is 5.32 Å². The number of hydrogen-bond donors (Lipinski definition) is 1. The van der Waals surface area contributed by atoms with Gasteiger partial charge in [-0.05, 0) is 43.9 Å². The number of nitrogens with zero attached hydrogens (tertiary/aromatic N) is 4. The van der Waals surface area contributed by atoms with Gasteiger partial charge in [0.15, 0.2) is 5.65 Å². The molecule has 0 saturated carbocycles. The number of para-hydroxylation sites is 1. The Morgan fingerprint density at radius 3 is 2.85 bits per heavy atom. The molecule has 0 radical (unpaired) electrons. The van der Waals surface area contributed by atoms with Crippen LogP contribution in [0.25, 0.3) is 21.9 Å². The van der Waals surface area contributed by atoms with Gasteiger partial charge in [0.05, 0.1) is 11.8 Å². The zero-order valence-corrected chi connectivity index (χ0v) is 15.6. The predicted octanol–water partition coefficient (Wildman–Crippen LogP) is 3.79. The minimum atomic E-state index is -0.0981. The molecule has 1 N–H and O–H groups in total. The lowest BCUT2D eigenvalue weighted by Gasteiger charge is -2.08. The highest BCUT2D eigenvalue weighted by molar-refractivity contribution is 5.96. The van der Waals surface area contributed by atoms with Crippen molar-refractivity contribution in [3.8, 4) is 0 Å². The third-order valence-electron chi connectivity index (χ3n) is 4.73. The fourth-order valence-electron chi connectivity index (χ4n) is 3.33. The van der Waals surface area contributed by atoms with Gasteiger partial charge in [-0.2, -0.15) is 5.10 Å². The second-order valence-electron chi connectivity index (χ2n) is 7.00. The Bertz CT molecular complexity index is 1090. The molecule has 4 rings (SSSR count). The first-order valence-electron chi connectivity index (χ1n) is 9.29. The van der Waals surface area contributed by atoms with Crippen LogP contribution >= 0.6 is 0 Å². The molecular formula is C21H23N5O. The summed E-state index contributed by atoms with van der Waals surface area (Å²) < 4.78 is 4.08. The molecule has 27 heavy (non-hydrogen) atoms. The van der Waals surface area contributed by atoms with E-state index in [1.165, 1.54) is 10.9 Å². The quantitative estimate of drug-likeness (QED) is 0.532. The number of rotatable bonds is 6. The van der Waals surface area contributed by atoms with E-state index in [0.717, 1.165) is 24.0 Å². The summed E-state index contributed by atoms with van der Waals surface area (Å²) in [5.74, 6) is -0.0981. The maximum Gasteiger partial charge on any atom is 0.252 e. The number of fused-ring (bicyclic) bond motifs is 2. The summed E-state index contributed by atoms with van der Waals surface area (Å²) >= 11 is 0. The van der Waals surface area contributed by atoms with Crippen molar-refractivity contribution < 1.29 is 4.79 Å². The Morgan fingerprint density at radius 1 is 1.15 bits per heavy atom. The third kappa shape index (κ3) is 3.43. The molecular weight excluding hydrogens is 338 g/mol. The summed E-state index contributed by atoms with van der Waals surface area (Å²) in [5, 5.41) is 9.45. The van der Waals surface area contributed by atoms with Gasteiger partial charge in [-0.1, -0.05) is 18.2 Å². The van der Waals surface area contributed by atoms with Gasteiger partial charge in [0.2, 0.25) is 0 Å². The van der Waals surface area contributed by atoms with Crippen molar-refractivity contribution in [3.05, 3.63) is 60.6 Å². The van der Waals surface area contributed by atoms with E-state index in [1.54, 1.807) is 12.4 Å². The Balaban J connectivity index is 1.36. The van der Waals surface area contributed by atoms with Crippen molar-refractivity contribution in [2.75, 3.05) is 6.54 Å². The lowest BCUT2D eigenvalue weighted by molar-refractivity contribution is 0.0952. The zero-order valence-electron chi connectivity index (χ0n) is 15.6. The molecule has 3 heterocycles. The first-order valence-corrected chi connectivity index (χ1v) is 9.29. The summed E-state index contributed by atoms with van der Waals surface area (Å²) in [4.78, 5) is 16.8. The van der Waals surface area contributed by atoms with Gasteiger partial charge in [-0.15, -0.1) is 0 Å². The van der Waals surface area contributed by atoms with Crippen LogP contribution in [0, 0.1) is 0 Å². The number of aryl methyl sites for hydroxylation is 1. The molecule has 0 aliphatic heterocycles. The van der Waals surface area contributed by atoms with Gasteiger partial charge < -0.3 is 9.88 Å². The van der Waals surface area contributed by atoms with E-state index in [1.807, 2.05) is 22.9 Å². The molecule has 0 bridgehead atoms. The largest absolute Gasteiger partial charge is 0.352 e. The fraction of sp³-hybridized carbons (Fsp3) is 0.286. The van der Waals surface area contributed by atoms with E-state index in [9.17, 15) is 4.79 Å². The lowest BCUT2D eigenvalue weighted by Crippen LogP contribution is -2.25. The third-order valence-corrected chi connectivity index (χ3v) is 4.73. The first-order chi connectivity index (χ1) is 13.1. The maximum absolute atomic E-state index is 12.4. The molecule has 0 aliphatic rings. The number of aromatic nitrogens is 4. The molecule has 4 aromatic rings. The summed E-state index contributed by atoms with van der Waals surface area (Å²) in [7, 11) is 0. The molecule has 3 aromatic heterocycles. The Hall–Kier alpha value is -3.15. The second-order valence-corrected chi connectivity index (χ2v) is 7.00. The molecule has 0 unspecified atom stereocenters. The van der Waals surface area contributed by atoms with Crippen LogP contribution in [0.5, 0.6) is 0 Å². The minimum absolute atomic E-state index is 0.0981. The van der Waals surface area contributed by atoms with Crippen molar-refractivity contribution in [2.24, 2.45) is 0 Å². The van der Waals surface area contributed by atoms with Crippen LogP contribution in [-0.4, -0.2) is 31.8 Å². The topological polar surface area (TPSA) is 64.7 Å². The van der Waals surface area contributed by atoms with E-state index in [0.29, 0.717) is 12.1 Å². The summed E-state index contributed by atoms with van der Waals surface area (Å²) in [6.45, 7) is 5.60. The number of hydrogen-bond acceptors (Lipinski definition) is 3. The number of nitrogens with one attached hydrogen (secondary N) is 1. The van der Waals surface area contributed by atoms with Gasteiger partial charge in [-0.25, -0.2) is 9.67 Å². The summed E-state index contributed by atoms with van der Waals surface area (Å²) in [6, 6.07) is 12.5. The molecule has 6 heteroatoms. The maximum atomic E-state index is 12.4. The van der Waals surface area contributed by atoms with Crippen LogP contribution in [0.15, 0.2) is 55.0 Å². The highest BCUT2D eigenvalue weighted by atomic mass is 16.1. The Kier molecular flexibility index (Phi) is 4.62. The number of carbonyl (C=O) groups excluding carboxylic acids is 1. The minimum Gasteiger partial charge on any atom is -0.352 e. The normalized spacial score (nSPS) is 11.5. The standard InChI is InChI=1S/C21H23N5O/c1-15(2)26-20-17(14-24-26)12-18(13-23-20)21(27)22-9-5-10-25-11-8-16-6-3-4-7-19(16)25/h3-4,6-8,11-15H,5,9-10H2,1-2H3,(H,22,27). The SMILES string of the molecule is CC(C)n1ncc2cc(C(=O)NCCCn3ccc4ccccc43)cnc21. The van der Waals surface area contributed by atoms with E-state index in [4.69, 9.17) is 0 Å². The van der Waals surface area contributed by atoms with Crippen molar-refractivity contribution in [3.63, 3.8) is 0 Å². The molecule has 0 atom stereocenters. The number of benzene rings is 1. The van der Waals surface area contributed by atoms with E-state index in [2.05, 4.69) is 58.2 Å². The number of carbonyl (C=O) groups is 1.